The molecule has 0 atom stereocenters. The molecular weight excluding hydrogens is 200 g/mol. The van der Waals surface area contributed by atoms with Crippen LogP contribution in [0.5, 0.6) is 0 Å². The molecule has 0 aliphatic heterocycles. The van der Waals surface area contributed by atoms with Gasteiger partial charge in [0.2, 0.25) is 0 Å². The van der Waals surface area contributed by atoms with Crippen molar-refractivity contribution in [3.05, 3.63) is 41.0 Å². The topological polar surface area (TPSA) is 26.3 Å². The van der Waals surface area contributed by atoms with Crippen molar-refractivity contribution in [2.24, 2.45) is 0 Å². The van der Waals surface area contributed by atoms with Crippen molar-refractivity contribution in [3.63, 3.8) is 0 Å². The van der Waals surface area contributed by atoms with E-state index in [4.69, 9.17) is 4.74 Å². The van der Waals surface area contributed by atoms with Crippen LogP contribution in [0.25, 0.3) is 6.08 Å². The van der Waals surface area contributed by atoms with Gasteiger partial charge in [-0.25, -0.2) is 4.79 Å². The van der Waals surface area contributed by atoms with Crippen LogP contribution in [0.3, 0.4) is 0 Å². The Bertz CT molecular complexity index is 392. The SMILES string of the molecule is CCC/C=C\c1cc(C(=O)OC)ccc1C. The number of benzene rings is 1. The second-order valence-electron chi connectivity index (χ2n) is 3.75. The first kappa shape index (κ1) is 12.5. The van der Waals surface area contributed by atoms with Gasteiger partial charge < -0.3 is 4.74 Å². The van der Waals surface area contributed by atoms with E-state index in [1.807, 2.05) is 19.1 Å². The molecule has 16 heavy (non-hydrogen) atoms. The van der Waals surface area contributed by atoms with Crippen molar-refractivity contribution in [1.82, 2.24) is 0 Å². The van der Waals surface area contributed by atoms with E-state index >= 15 is 0 Å². The first-order valence-corrected chi connectivity index (χ1v) is 5.54. The molecule has 0 aromatic heterocycles. The average molecular weight is 218 g/mol. The molecule has 0 heterocycles. The first-order chi connectivity index (χ1) is 7.69. The Labute approximate surface area is 96.9 Å². The fourth-order valence-electron chi connectivity index (χ4n) is 1.44. The number of methoxy groups -OCH3 is 1. The minimum Gasteiger partial charge on any atom is -0.465 e. The first-order valence-electron chi connectivity index (χ1n) is 5.54. The van der Waals surface area contributed by atoms with E-state index < -0.39 is 0 Å². The normalized spacial score (nSPS) is 10.7. The summed E-state index contributed by atoms with van der Waals surface area (Å²) in [6.45, 7) is 4.18. The fourth-order valence-corrected chi connectivity index (χ4v) is 1.44. The summed E-state index contributed by atoms with van der Waals surface area (Å²) in [7, 11) is 1.40. The molecule has 2 nitrogen and oxygen atoms in total. The Hall–Kier alpha value is -1.57. The Morgan fingerprint density at radius 1 is 1.44 bits per heavy atom. The summed E-state index contributed by atoms with van der Waals surface area (Å²) >= 11 is 0. The number of rotatable bonds is 4. The number of ether oxygens (including phenoxy) is 1. The van der Waals surface area contributed by atoms with Gasteiger partial charge in [0.15, 0.2) is 0 Å². The van der Waals surface area contributed by atoms with Crippen LogP contribution >= 0.6 is 0 Å². The molecule has 0 N–H and O–H groups in total. The van der Waals surface area contributed by atoms with Gasteiger partial charge >= 0.3 is 5.97 Å². The second kappa shape index (κ2) is 6.11. The monoisotopic (exact) mass is 218 g/mol. The van der Waals surface area contributed by atoms with Gasteiger partial charge in [-0.15, -0.1) is 0 Å². The van der Waals surface area contributed by atoms with Gasteiger partial charge in [0.25, 0.3) is 0 Å². The summed E-state index contributed by atoms with van der Waals surface area (Å²) < 4.78 is 4.69. The maximum Gasteiger partial charge on any atom is 0.337 e. The van der Waals surface area contributed by atoms with Crippen molar-refractivity contribution in [2.75, 3.05) is 7.11 Å². The quantitative estimate of drug-likeness (QED) is 0.722. The number of allylic oxidation sites excluding steroid dienone is 1. The lowest BCUT2D eigenvalue weighted by Gasteiger charge is -2.04. The zero-order valence-electron chi connectivity index (χ0n) is 10.1. The molecule has 0 bridgehead atoms. The van der Waals surface area contributed by atoms with Crippen LogP contribution in [0.2, 0.25) is 0 Å². The molecule has 0 spiro atoms. The van der Waals surface area contributed by atoms with E-state index in [2.05, 4.69) is 19.1 Å². The fraction of sp³-hybridized carbons (Fsp3) is 0.357. The van der Waals surface area contributed by atoms with Crippen LogP contribution in [0.4, 0.5) is 0 Å². The highest BCUT2D eigenvalue weighted by Gasteiger charge is 2.06. The van der Waals surface area contributed by atoms with E-state index in [9.17, 15) is 4.79 Å². The average Bonchev–Trinajstić information content (AvgIpc) is 2.31. The molecule has 0 radical (unpaired) electrons. The smallest absolute Gasteiger partial charge is 0.337 e. The van der Waals surface area contributed by atoms with E-state index in [1.54, 1.807) is 6.07 Å². The van der Waals surface area contributed by atoms with Crippen LogP contribution in [0.15, 0.2) is 24.3 Å². The second-order valence-corrected chi connectivity index (χ2v) is 3.75. The Morgan fingerprint density at radius 2 is 2.19 bits per heavy atom. The number of carbonyl (C=O) groups is 1. The molecule has 0 fully saturated rings. The van der Waals surface area contributed by atoms with Crippen molar-refractivity contribution in [3.8, 4) is 0 Å². The third-order valence-electron chi connectivity index (χ3n) is 2.45. The van der Waals surface area contributed by atoms with Crippen LogP contribution < -0.4 is 0 Å². The van der Waals surface area contributed by atoms with Crippen molar-refractivity contribution in [1.29, 1.82) is 0 Å². The molecule has 0 unspecified atom stereocenters. The van der Waals surface area contributed by atoms with Crippen molar-refractivity contribution < 1.29 is 9.53 Å². The summed E-state index contributed by atoms with van der Waals surface area (Å²) in [5, 5.41) is 0. The Kier molecular flexibility index (Phi) is 4.77. The van der Waals surface area contributed by atoms with E-state index in [1.165, 1.54) is 12.7 Å². The van der Waals surface area contributed by atoms with Gasteiger partial charge in [-0.2, -0.15) is 0 Å². The van der Waals surface area contributed by atoms with E-state index in [-0.39, 0.29) is 5.97 Å². The Balaban J connectivity index is 2.94. The van der Waals surface area contributed by atoms with E-state index in [0.29, 0.717) is 5.56 Å². The Morgan fingerprint density at radius 3 is 2.81 bits per heavy atom. The predicted molar refractivity (Wildman–Crippen MR) is 66.5 cm³/mol. The number of carbonyl (C=O) groups excluding carboxylic acids is 1. The number of esters is 1. The lowest BCUT2D eigenvalue weighted by atomic mass is 10.0. The predicted octanol–water partition coefficient (Wildman–Crippen LogP) is 3.59. The van der Waals surface area contributed by atoms with E-state index in [0.717, 1.165) is 18.4 Å². The highest BCUT2D eigenvalue weighted by Crippen LogP contribution is 2.14. The molecule has 1 aromatic carbocycles. The van der Waals surface area contributed by atoms with Crippen LogP contribution in [0, 0.1) is 6.92 Å². The summed E-state index contributed by atoms with van der Waals surface area (Å²) in [6, 6.07) is 5.60. The van der Waals surface area contributed by atoms with Crippen molar-refractivity contribution in [2.45, 2.75) is 26.7 Å². The van der Waals surface area contributed by atoms with Gasteiger partial charge in [-0.3, -0.25) is 0 Å². The molecule has 0 aliphatic carbocycles. The minimum absolute atomic E-state index is 0.287. The van der Waals surface area contributed by atoms with Gasteiger partial charge in [-0.1, -0.05) is 31.6 Å². The largest absolute Gasteiger partial charge is 0.465 e. The highest BCUT2D eigenvalue weighted by atomic mass is 16.5. The van der Waals surface area contributed by atoms with Crippen LogP contribution in [0.1, 0.15) is 41.3 Å². The minimum atomic E-state index is -0.287. The summed E-state index contributed by atoms with van der Waals surface area (Å²) in [6.07, 6.45) is 6.38. The summed E-state index contributed by atoms with van der Waals surface area (Å²) in [4.78, 5) is 11.4. The van der Waals surface area contributed by atoms with Crippen LogP contribution in [-0.2, 0) is 4.74 Å². The third kappa shape index (κ3) is 3.23. The molecule has 86 valence electrons. The molecule has 0 aliphatic rings. The summed E-state index contributed by atoms with van der Waals surface area (Å²) in [5.41, 5.74) is 2.85. The lowest BCUT2D eigenvalue weighted by Crippen LogP contribution is -2.01. The number of hydrogen-bond acceptors (Lipinski definition) is 2. The number of aryl methyl sites for hydroxylation is 1. The molecule has 0 saturated carbocycles. The maximum absolute atomic E-state index is 11.4. The lowest BCUT2D eigenvalue weighted by molar-refractivity contribution is 0.0600. The molecular formula is C14H18O2. The van der Waals surface area contributed by atoms with Gasteiger partial charge in [0.05, 0.1) is 12.7 Å². The molecule has 1 rings (SSSR count). The van der Waals surface area contributed by atoms with Gasteiger partial charge in [-0.05, 0) is 36.6 Å². The maximum atomic E-state index is 11.4. The summed E-state index contributed by atoms with van der Waals surface area (Å²) in [5.74, 6) is -0.287. The molecule has 1 aromatic rings. The molecule has 0 saturated heterocycles. The highest BCUT2D eigenvalue weighted by molar-refractivity contribution is 5.90. The number of unbranched alkanes of at least 4 members (excludes halogenated alkanes) is 1. The van der Waals surface area contributed by atoms with Gasteiger partial charge in [0.1, 0.15) is 0 Å². The zero-order valence-corrected chi connectivity index (χ0v) is 10.1. The third-order valence-corrected chi connectivity index (χ3v) is 2.45. The molecule has 0 amide bonds. The van der Waals surface area contributed by atoms with Crippen molar-refractivity contribution >= 4 is 12.0 Å². The standard InChI is InChI=1S/C14H18O2/c1-4-5-6-7-12-10-13(14(15)16-3)9-8-11(12)2/h6-10H,4-5H2,1-3H3/b7-6-. The van der Waals surface area contributed by atoms with Gasteiger partial charge in [0, 0.05) is 0 Å². The number of hydrogen-bond donors (Lipinski definition) is 0. The zero-order chi connectivity index (χ0) is 12.0. The van der Waals surface area contributed by atoms with Crippen LogP contribution in [-0.4, -0.2) is 13.1 Å². The molecule has 2 heteroatoms.